The van der Waals surface area contributed by atoms with Crippen LogP contribution in [0.5, 0.6) is 5.75 Å². The van der Waals surface area contributed by atoms with Crippen LogP contribution >= 0.6 is 11.3 Å². The van der Waals surface area contributed by atoms with Crippen LogP contribution in [-0.4, -0.2) is 31.1 Å². The monoisotopic (exact) mass is 331 g/mol. The molecule has 2 N–H and O–H groups in total. The average Bonchev–Trinajstić information content (AvgIpc) is 3.04. The molecule has 122 valence electrons. The second kappa shape index (κ2) is 7.10. The lowest BCUT2D eigenvalue weighted by atomic mass is 9.99. The smallest absolute Gasteiger partial charge is 0.230 e. The lowest BCUT2D eigenvalue weighted by Gasteiger charge is -2.21. The Balaban J connectivity index is 1.75. The van der Waals surface area contributed by atoms with Crippen LogP contribution < -0.4 is 15.4 Å². The number of benzene rings is 1. The summed E-state index contributed by atoms with van der Waals surface area (Å²) in [6, 6.07) is 5.99. The van der Waals surface area contributed by atoms with Crippen molar-refractivity contribution < 1.29 is 9.53 Å². The van der Waals surface area contributed by atoms with E-state index in [1.807, 2.05) is 30.5 Å². The van der Waals surface area contributed by atoms with Crippen molar-refractivity contribution in [1.29, 1.82) is 0 Å². The van der Waals surface area contributed by atoms with Crippen molar-refractivity contribution in [3.05, 3.63) is 29.1 Å². The summed E-state index contributed by atoms with van der Waals surface area (Å²) in [6.45, 7) is 3.78. The molecular weight excluding hydrogens is 310 g/mol. The van der Waals surface area contributed by atoms with E-state index in [-0.39, 0.29) is 11.8 Å². The molecule has 1 fully saturated rings. The van der Waals surface area contributed by atoms with E-state index in [0.717, 1.165) is 48.5 Å². The molecule has 0 aliphatic carbocycles. The number of carbonyl (C=O) groups is 1. The Morgan fingerprint density at radius 2 is 2.35 bits per heavy atom. The van der Waals surface area contributed by atoms with E-state index in [4.69, 9.17) is 4.74 Å². The van der Waals surface area contributed by atoms with E-state index in [2.05, 4.69) is 15.6 Å². The van der Waals surface area contributed by atoms with Gasteiger partial charge in [0.05, 0.1) is 18.7 Å². The molecule has 1 aliphatic rings. The molecular formula is C17H21N3O2S. The summed E-state index contributed by atoms with van der Waals surface area (Å²) in [6.07, 6.45) is 1.98. The van der Waals surface area contributed by atoms with Crippen LogP contribution in [0.15, 0.2) is 23.6 Å². The fourth-order valence-electron chi connectivity index (χ4n) is 2.76. The molecule has 0 spiro atoms. The van der Waals surface area contributed by atoms with E-state index in [0.29, 0.717) is 5.13 Å². The SMILES string of the molecule is COc1ccc(C)cc1-c1csc(NC(=O)C2CCCNC2)n1. The number of rotatable bonds is 4. The maximum absolute atomic E-state index is 12.3. The van der Waals surface area contributed by atoms with Crippen molar-refractivity contribution in [2.24, 2.45) is 5.92 Å². The minimum absolute atomic E-state index is 0.0320. The minimum Gasteiger partial charge on any atom is -0.496 e. The van der Waals surface area contributed by atoms with Gasteiger partial charge in [-0.2, -0.15) is 0 Å². The van der Waals surface area contributed by atoms with Gasteiger partial charge in [-0.3, -0.25) is 4.79 Å². The van der Waals surface area contributed by atoms with Crippen molar-refractivity contribution in [3.63, 3.8) is 0 Å². The molecule has 2 heterocycles. The predicted octanol–water partition coefficient (Wildman–Crippen LogP) is 3.07. The molecule has 23 heavy (non-hydrogen) atoms. The second-order valence-corrected chi connectivity index (χ2v) is 6.63. The Kier molecular flexibility index (Phi) is 4.93. The van der Waals surface area contributed by atoms with Gasteiger partial charge in [-0.25, -0.2) is 4.98 Å². The summed E-state index contributed by atoms with van der Waals surface area (Å²) in [5.74, 6) is 0.870. The number of ether oxygens (including phenoxy) is 1. The van der Waals surface area contributed by atoms with Gasteiger partial charge >= 0.3 is 0 Å². The van der Waals surface area contributed by atoms with E-state index >= 15 is 0 Å². The number of methoxy groups -OCH3 is 1. The molecule has 0 bridgehead atoms. The van der Waals surface area contributed by atoms with Crippen LogP contribution in [0.1, 0.15) is 18.4 Å². The summed E-state index contributed by atoms with van der Waals surface area (Å²) < 4.78 is 5.41. The molecule has 3 rings (SSSR count). The summed E-state index contributed by atoms with van der Waals surface area (Å²) in [5, 5.41) is 8.79. The zero-order chi connectivity index (χ0) is 16.2. The fourth-order valence-corrected chi connectivity index (χ4v) is 3.47. The number of amides is 1. The Hall–Kier alpha value is -1.92. The van der Waals surface area contributed by atoms with Crippen LogP contribution in [0.3, 0.4) is 0 Å². The highest BCUT2D eigenvalue weighted by molar-refractivity contribution is 7.14. The molecule has 1 atom stereocenters. The van der Waals surface area contributed by atoms with Gasteiger partial charge in [-0.05, 0) is 38.4 Å². The van der Waals surface area contributed by atoms with E-state index in [9.17, 15) is 4.79 Å². The Morgan fingerprint density at radius 3 is 3.09 bits per heavy atom. The molecule has 1 unspecified atom stereocenters. The first-order chi connectivity index (χ1) is 11.2. The van der Waals surface area contributed by atoms with Gasteiger partial charge in [0.15, 0.2) is 5.13 Å². The number of nitrogens with zero attached hydrogens (tertiary/aromatic N) is 1. The quantitative estimate of drug-likeness (QED) is 0.904. The Morgan fingerprint density at radius 1 is 1.48 bits per heavy atom. The number of carbonyl (C=O) groups excluding carboxylic acids is 1. The summed E-state index contributed by atoms with van der Waals surface area (Å²) in [5.41, 5.74) is 2.92. The highest BCUT2D eigenvalue weighted by atomic mass is 32.1. The highest BCUT2D eigenvalue weighted by Crippen LogP contribution is 2.33. The topological polar surface area (TPSA) is 63.2 Å². The zero-order valence-corrected chi connectivity index (χ0v) is 14.2. The molecule has 1 aromatic carbocycles. The molecule has 0 saturated carbocycles. The number of nitrogens with one attached hydrogen (secondary N) is 2. The molecule has 1 aromatic heterocycles. The van der Waals surface area contributed by atoms with Gasteiger partial charge in [-0.1, -0.05) is 11.6 Å². The van der Waals surface area contributed by atoms with Crippen molar-refractivity contribution in [3.8, 4) is 17.0 Å². The normalized spacial score (nSPS) is 17.7. The fraction of sp³-hybridized carbons (Fsp3) is 0.412. The first kappa shape index (κ1) is 16.0. The average molecular weight is 331 g/mol. The maximum atomic E-state index is 12.3. The lowest BCUT2D eigenvalue weighted by molar-refractivity contribution is -0.120. The summed E-state index contributed by atoms with van der Waals surface area (Å²) in [4.78, 5) is 16.8. The molecule has 1 aliphatic heterocycles. The molecule has 0 radical (unpaired) electrons. The van der Waals surface area contributed by atoms with Crippen molar-refractivity contribution in [1.82, 2.24) is 10.3 Å². The molecule has 1 amide bonds. The first-order valence-corrected chi connectivity index (χ1v) is 8.67. The van der Waals surface area contributed by atoms with Gasteiger partial charge in [0.2, 0.25) is 5.91 Å². The lowest BCUT2D eigenvalue weighted by Crippen LogP contribution is -2.37. The number of hydrogen-bond donors (Lipinski definition) is 2. The van der Waals surface area contributed by atoms with Gasteiger partial charge in [-0.15, -0.1) is 11.3 Å². The maximum Gasteiger partial charge on any atom is 0.230 e. The van der Waals surface area contributed by atoms with Gasteiger partial charge < -0.3 is 15.4 Å². The molecule has 1 saturated heterocycles. The zero-order valence-electron chi connectivity index (χ0n) is 13.4. The predicted molar refractivity (Wildman–Crippen MR) is 93.1 cm³/mol. The third-order valence-electron chi connectivity index (χ3n) is 4.03. The van der Waals surface area contributed by atoms with Crippen LogP contribution in [0.25, 0.3) is 11.3 Å². The van der Waals surface area contributed by atoms with Crippen LogP contribution in [0.4, 0.5) is 5.13 Å². The van der Waals surface area contributed by atoms with Gasteiger partial charge in [0.1, 0.15) is 5.75 Å². The van der Waals surface area contributed by atoms with Crippen molar-refractivity contribution in [2.45, 2.75) is 19.8 Å². The van der Waals surface area contributed by atoms with Gasteiger partial charge in [0, 0.05) is 17.5 Å². The van der Waals surface area contributed by atoms with Crippen LogP contribution in [0.2, 0.25) is 0 Å². The van der Waals surface area contributed by atoms with E-state index in [1.165, 1.54) is 11.3 Å². The third-order valence-corrected chi connectivity index (χ3v) is 4.79. The summed E-state index contributed by atoms with van der Waals surface area (Å²) in [7, 11) is 1.65. The number of hydrogen-bond acceptors (Lipinski definition) is 5. The minimum atomic E-state index is 0.0320. The first-order valence-electron chi connectivity index (χ1n) is 7.79. The number of piperidine rings is 1. The third kappa shape index (κ3) is 3.71. The number of aryl methyl sites for hydroxylation is 1. The second-order valence-electron chi connectivity index (χ2n) is 5.77. The van der Waals surface area contributed by atoms with Crippen molar-refractivity contribution in [2.75, 3.05) is 25.5 Å². The van der Waals surface area contributed by atoms with Gasteiger partial charge in [0.25, 0.3) is 0 Å². The largest absolute Gasteiger partial charge is 0.496 e. The molecule has 6 heteroatoms. The summed E-state index contributed by atoms with van der Waals surface area (Å²) >= 11 is 1.44. The molecule has 2 aromatic rings. The van der Waals surface area contributed by atoms with Crippen LogP contribution in [0, 0.1) is 12.8 Å². The standard InChI is InChI=1S/C17H21N3O2S/c1-11-5-6-15(22-2)13(8-11)14-10-23-17(19-14)20-16(21)12-4-3-7-18-9-12/h5-6,8,10,12,18H,3-4,7,9H2,1-2H3,(H,19,20,21). The van der Waals surface area contributed by atoms with E-state index < -0.39 is 0 Å². The molecule has 5 nitrogen and oxygen atoms in total. The number of thiazole rings is 1. The van der Waals surface area contributed by atoms with Crippen molar-refractivity contribution >= 4 is 22.4 Å². The van der Waals surface area contributed by atoms with Crippen LogP contribution in [-0.2, 0) is 4.79 Å². The highest BCUT2D eigenvalue weighted by Gasteiger charge is 2.22. The Labute approximate surface area is 140 Å². The Bertz CT molecular complexity index is 693. The number of anilines is 1. The van der Waals surface area contributed by atoms with E-state index in [1.54, 1.807) is 7.11 Å². The number of aromatic nitrogens is 1.